The predicted octanol–water partition coefficient (Wildman–Crippen LogP) is 3.28. The molecule has 0 aliphatic heterocycles. The molecular weight excluding hydrogens is 233 g/mol. The summed E-state index contributed by atoms with van der Waals surface area (Å²) in [5.41, 5.74) is 6.70. The van der Waals surface area contributed by atoms with Gasteiger partial charge in [-0.1, -0.05) is 29.3 Å². The van der Waals surface area contributed by atoms with E-state index in [0.717, 1.165) is 18.4 Å². The number of methoxy groups -OCH3 is 1. The fourth-order valence-electron chi connectivity index (χ4n) is 1.31. The third-order valence-electron chi connectivity index (χ3n) is 2.22. The van der Waals surface area contributed by atoms with Crippen LogP contribution in [0.25, 0.3) is 0 Å². The van der Waals surface area contributed by atoms with Crippen LogP contribution in [0.5, 0.6) is 5.75 Å². The van der Waals surface area contributed by atoms with Crippen LogP contribution in [0.3, 0.4) is 0 Å². The molecule has 2 N–H and O–H groups in total. The number of halogens is 2. The zero-order valence-electron chi connectivity index (χ0n) is 8.89. The first kappa shape index (κ1) is 12.6. The Balaban J connectivity index is 2.87. The molecule has 0 spiro atoms. The third kappa shape index (κ3) is 3.26. The monoisotopic (exact) mass is 247 g/mol. The van der Waals surface area contributed by atoms with Crippen molar-refractivity contribution in [3.8, 4) is 5.75 Å². The Kier molecular flexibility index (Phi) is 4.71. The molecule has 1 unspecified atom stereocenters. The molecule has 0 heterocycles. The second-order valence-electron chi connectivity index (χ2n) is 3.57. The predicted molar refractivity (Wildman–Crippen MR) is 65.0 cm³/mol. The summed E-state index contributed by atoms with van der Waals surface area (Å²) in [5.74, 6) is 0.603. The van der Waals surface area contributed by atoms with Gasteiger partial charge in [-0.2, -0.15) is 0 Å². The standard InChI is InChI=1S/C11H15Cl2NO/c1-7(14)3-4-8-5-6-9(15-2)11(13)10(8)12/h5-7H,3-4,14H2,1-2H3. The Morgan fingerprint density at radius 2 is 2.00 bits per heavy atom. The van der Waals surface area contributed by atoms with Crippen molar-refractivity contribution >= 4 is 23.2 Å². The van der Waals surface area contributed by atoms with Crippen molar-refractivity contribution in [2.24, 2.45) is 5.73 Å². The Labute approximate surface area is 100 Å². The Morgan fingerprint density at radius 1 is 1.33 bits per heavy atom. The lowest BCUT2D eigenvalue weighted by Gasteiger charge is -2.10. The lowest BCUT2D eigenvalue weighted by Crippen LogP contribution is -2.15. The number of hydrogen-bond acceptors (Lipinski definition) is 2. The van der Waals surface area contributed by atoms with Crippen molar-refractivity contribution in [1.29, 1.82) is 0 Å². The zero-order chi connectivity index (χ0) is 11.4. The second kappa shape index (κ2) is 5.59. The first-order valence-electron chi connectivity index (χ1n) is 4.82. The van der Waals surface area contributed by atoms with Crippen molar-refractivity contribution in [3.05, 3.63) is 27.7 Å². The van der Waals surface area contributed by atoms with Gasteiger partial charge in [-0.3, -0.25) is 0 Å². The van der Waals surface area contributed by atoms with Gasteiger partial charge in [-0.25, -0.2) is 0 Å². The summed E-state index contributed by atoms with van der Waals surface area (Å²) in [5, 5.41) is 1.04. The summed E-state index contributed by atoms with van der Waals surface area (Å²) in [7, 11) is 1.57. The molecule has 0 amide bonds. The summed E-state index contributed by atoms with van der Waals surface area (Å²) in [6, 6.07) is 3.92. The summed E-state index contributed by atoms with van der Waals surface area (Å²) in [6.45, 7) is 1.97. The molecular formula is C11H15Cl2NO. The quantitative estimate of drug-likeness (QED) is 0.887. The SMILES string of the molecule is COc1ccc(CCC(C)N)c(Cl)c1Cl. The van der Waals surface area contributed by atoms with E-state index in [1.54, 1.807) is 7.11 Å². The number of aryl methyl sites for hydroxylation is 1. The number of hydrogen-bond donors (Lipinski definition) is 1. The number of rotatable bonds is 4. The van der Waals surface area contributed by atoms with Crippen LogP contribution in [0.15, 0.2) is 12.1 Å². The van der Waals surface area contributed by atoms with Gasteiger partial charge in [-0.05, 0) is 31.4 Å². The molecule has 1 atom stereocenters. The van der Waals surface area contributed by atoms with Gasteiger partial charge < -0.3 is 10.5 Å². The Morgan fingerprint density at radius 3 is 2.53 bits per heavy atom. The molecule has 4 heteroatoms. The summed E-state index contributed by atoms with van der Waals surface area (Å²) in [4.78, 5) is 0. The zero-order valence-corrected chi connectivity index (χ0v) is 10.4. The summed E-state index contributed by atoms with van der Waals surface area (Å²) in [6.07, 6.45) is 1.72. The molecule has 0 saturated heterocycles. The Bertz CT molecular complexity index is 340. The van der Waals surface area contributed by atoms with E-state index in [0.29, 0.717) is 15.8 Å². The normalized spacial score (nSPS) is 12.6. The molecule has 0 aliphatic rings. The summed E-state index contributed by atoms with van der Waals surface area (Å²) >= 11 is 12.1. The molecule has 0 radical (unpaired) electrons. The topological polar surface area (TPSA) is 35.2 Å². The van der Waals surface area contributed by atoms with Crippen LogP contribution in [0.1, 0.15) is 18.9 Å². The highest BCUT2D eigenvalue weighted by molar-refractivity contribution is 6.43. The molecule has 84 valence electrons. The van der Waals surface area contributed by atoms with Crippen molar-refractivity contribution in [2.45, 2.75) is 25.8 Å². The lowest BCUT2D eigenvalue weighted by atomic mass is 10.1. The minimum absolute atomic E-state index is 0.168. The average Bonchev–Trinajstić information content (AvgIpc) is 2.20. The molecule has 15 heavy (non-hydrogen) atoms. The number of benzene rings is 1. The van der Waals surface area contributed by atoms with Crippen LogP contribution in [0.2, 0.25) is 10.0 Å². The van der Waals surface area contributed by atoms with Gasteiger partial charge in [0.1, 0.15) is 10.8 Å². The van der Waals surface area contributed by atoms with E-state index in [1.165, 1.54) is 0 Å². The lowest BCUT2D eigenvalue weighted by molar-refractivity contribution is 0.415. The maximum atomic E-state index is 6.11. The fourth-order valence-corrected chi connectivity index (χ4v) is 1.82. The van der Waals surface area contributed by atoms with Gasteiger partial charge in [0.05, 0.1) is 12.1 Å². The van der Waals surface area contributed by atoms with Gasteiger partial charge in [-0.15, -0.1) is 0 Å². The van der Waals surface area contributed by atoms with E-state index >= 15 is 0 Å². The van der Waals surface area contributed by atoms with Crippen LogP contribution in [-0.2, 0) is 6.42 Å². The molecule has 2 nitrogen and oxygen atoms in total. The van der Waals surface area contributed by atoms with Gasteiger partial charge in [0.15, 0.2) is 0 Å². The van der Waals surface area contributed by atoms with Crippen LogP contribution in [-0.4, -0.2) is 13.2 Å². The van der Waals surface area contributed by atoms with E-state index in [2.05, 4.69) is 0 Å². The van der Waals surface area contributed by atoms with Crippen molar-refractivity contribution < 1.29 is 4.74 Å². The summed E-state index contributed by atoms with van der Waals surface area (Å²) < 4.78 is 5.07. The number of ether oxygens (including phenoxy) is 1. The Hall–Kier alpha value is -0.440. The van der Waals surface area contributed by atoms with Gasteiger partial charge >= 0.3 is 0 Å². The highest BCUT2D eigenvalue weighted by Gasteiger charge is 2.10. The van der Waals surface area contributed by atoms with Crippen molar-refractivity contribution in [1.82, 2.24) is 0 Å². The fraction of sp³-hybridized carbons (Fsp3) is 0.455. The van der Waals surface area contributed by atoms with E-state index in [9.17, 15) is 0 Å². The minimum atomic E-state index is 0.168. The molecule has 0 aliphatic carbocycles. The van der Waals surface area contributed by atoms with E-state index in [1.807, 2.05) is 19.1 Å². The molecule has 0 fully saturated rings. The first-order chi connectivity index (χ1) is 7.06. The number of nitrogens with two attached hydrogens (primary N) is 1. The smallest absolute Gasteiger partial charge is 0.138 e. The average molecular weight is 248 g/mol. The highest BCUT2D eigenvalue weighted by atomic mass is 35.5. The van der Waals surface area contributed by atoms with Crippen LogP contribution >= 0.6 is 23.2 Å². The maximum absolute atomic E-state index is 6.11. The van der Waals surface area contributed by atoms with Gasteiger partial charge in [0.25, 0.3) is 0 Å². The van der Waals surface area contributed by atoms with E-state index in [4.69, 9.17) is 33.7 Å². The van der Waals surface area contributed by atoms with E-state index < -0.39 is 0 Å². The second-order valence-corrected chi connectivity index (χ2v) is 4.33. The van der Waals surface area contributed by atoms with Crippen molar-refractivity contribution in [2.75, 3.05) is 7.11 Å². The molecule has 1 aromatic rings. The van der Waals surface area contributed by atoms with Gasteiger partial charge in [0.2, 0.25) is 0 Å². The highest BCUT2D eigenvalue weighted by Crippen LogP contribution is 2.34. The molecule has 1 rings (SSSR count). The molecule has 0 aromatic heterocycles. The van der Waals surface area contributed by atoms with Gasteiger partial charge in [0, 0.05) is 6.04 Å². The van der Waals surface area contributed by atoms with Crippen LogP contribution < -0.4 is 10.5 Å². The third-order valence-corrected chi connectivity index (χ3v) is 3.12. The largest absolute Gasteiger partial charge is 0.495 e. The molecule has 1 aromatic carbocycles. The van der Waals surface area contributed by atoms with Crippen molar-refractivity contribution in [3.63, 3.8) is 0 Å². The molecule has 0 saturated carbocycles. The van der Waals surface area contributed by atoms with Crippen LogP contribution in [0, 0.1) is 0 Å². The minimum Gasteiger partial charge on any atom is -0.495 e. The van der Waals surface area contributed by atoms with E-state index in [-0.39, 0.29) is 6.04 Å². The molecule has 0 bridgehead atoms. The maximum Gasteiger partial charge on any atom is 0.138 e. The van der Waals surface area contributed by atoms with Crippen LogP contribution in [0.4, 0.5) is 0 Å². The first-order valence-corrected chi connectivity index (χ1v) is 5.58.